The zero-order chi connectivity index (χ0) is 15.4. The number of hydrogen-bond donors (Lipinski definition) is 3. The zero-order valence-corrected chi connectivity index (χ0v) is 13.2. The van der Waals surface area contributed by atoms with Gasteiger partial charge in [-0.2, -0.15) is 0 Å². The largest absolute Gasteiger partial charge is 0.387 e. The molecule has 0 amide bonds. The summed E-state index contributed by atoms with van der Waals surface area (Å²) in [5.74, 6) is 1.85. The highest BCUT2D eigenvalue weighted by Gasteiger charge is 2.30. The topological polar surface area (TPSA) is 78.8 Å². The van der Waals surface area contributed by atoms with E-state index in [4.69, 9.17) is 0 Å². The van der Waals surface area contributed by atoms with Gasteiger partial charge in [0, 0.05) is 25.4 Å². The molecule has 6 heteroatoms. The summed E-state index contributed by atoms with van der Waals surface area (Å²) in [5.41, 5.74) is 0.224. The maximum Gasteiger partial charge on any atom is 0.158 e. The van der Waals surface area contributed by atoms with Crippen molar-refractivity contribution in [1.82, 2.24) is 24.8 Å². The normalized spacial score (nSPS) is 22.1. The van der Waals surface area contributed by atoms with Crippen molar-refractivity contribution in [2.24, 2.45) is 0 Å². The first-order valence-corrected chi connectivity index (χ1v) is 8.19. The van der Waals surface area contributed by atoms with Crippen LogP contribution in [0, 0.1) is 0 Å². The van der Waals surface area contributed by atoms with Gasteiger partial charge in [-0.25, -0.2) is 9.97 Å². The Kier molecular flexibility index (Phi) is 4.59. The number of aryl methyl sites for hydroxylation is 1. The predicted molar refractivity (Wildman–Crippen MR) is 85.5 cm³/mol. The van der Waals surface area contributed by atoms with Crippen molar-refractivity contribution < 1.29 is 5.11 Å². The van der Waals surface area contributed by atoms with E-state index in [-0.39, 0.29) is 0 Å². The van der Waals surface area contributed by atoms with Crippen LogP contribution in [0.4, 0.5) is 0 Å². The molecule has 22 heavy (non-hydrogen) atoms. The molecule has 2 aromatic heterocycles. The lowest BCUT2D eigenvalue weighted by Gasteiger charge is -2.33. The number of aromatic amines is 1. The van der Waals surface area contributed by atoms with Crippen molar-refractivity contribution in [3.05, 3.63) is 24.4 Å². The van der Waals surface area contributed by atoms with Gasteiger partial charge in [0.05, 0.1) is 18.3 Å². The maximum atomic E-state index is 10.7. The molecule has 0 radical (unpaired) electrons. The standard InChI is InChI=1S/C16H25N5O/c1-2-3-5-14-19-10-13(20-14)15-18-8-9-21(15)12-16(22)6-4-7-17-11-16/h8-10,17,22H,2-7,11-12H2,1H3,(H,19,20). The van der Waals surface area contributed by atoms with Gasteiger partial charge in [0.1, 0.15) is 11.5 Å². The highest BCUT2D eigenvalue weighted by Crippen LogP contribution is 2.22. The van der Waals surface area contributed by atoms with Crippen molar-refractivity contribution in [1.29, 1.82) is 0 Å². The molecule has 1 aliphatic heterocycles. The number of imidazole rings is 2. The summed E-state index contributed by atoms with van der Waals surface area (Å²) in [6.07, 6.45) is 10.6. The van der Waals surface area contributed by atoms with Gasteiger partial charge in [0.15, 0.2) is 5.82 Å². The Bertz CT molecular complexity index is 597. The van der Waals surface area contributed by atoms with E-state index in [1.807, 2.05) is 17.0 Å². The second-order valence-electron chi connectivity index (χ2n) is 6.23. The minimum Gasteiger partial charge on any atom is -0.387 e. The SMILES string of the molecule is CCCCc1ncc(-c2nccn2CC2(O)CCCNC2)[nH]1. The smallest absolute Gasteiger partial charge is 0.158 e. The number of β-amino-alcohol motifs (C(OH)–C–C–N with tert-alkyl or cyclic N) is 1. The number of nitrogens with one attached hydrogen (secondary N) is 2. The Morgan fingerprint density at radius 3 is 3.09 bits per heavy atom. The van der Waals surface area contributed by atoms with Crippen LogP contribution >= 0.6 is 0 Å². The number of aromatic nitrogens is 4. The average molecular weight is 303 g/mol. The number of rotatable bonds is 6. The highest BCUT2D eigenvalue weighted by molar-refractivity contribution is 5.48. The van der Waals surface area contributed by atoms with E-state index in [0.29, 0.717) is 13.1 Å². The van der Waals surface area contributed by atoms with E-state index in [0.717, 1.165) is 56.0 Å². The molecule has 0 aliphatic carbocycles. The molecule has 0 bridgehead atoms. The predicted octanol–water partition coefficient (Wildman–Crippen LogP) is 1.73. The number of nitrogens with zero attached hydrogens (tertiary/aromatic N) is 3. The van der Waals surface area contributed by atoms with Gasteiger partial charge in [-0.3, -0.25) is 0 Å². The van der Waals surface area contributed by atoms with Crippen molar-refractivity contribution >= 4 is 0 Å². The fourth-order valence-electron chi connectivity index (χ4n) is 3.03. The molecule has 1 aliphatic rings. The minimum absolute atomic E-state index is 0.554. The molecule has 3 heterocycles. The molecule has 6 nitrogen and oxygen atoms in total. The Balaban J connectivity index is 1.75. The first-order valence-electron chi connectivity index (χ1n) is 8.19. The van der Waals surface area contributed by atoms with Crippen LogP contribution in [-0.2, 0) is 13.0 Å². The summed E-state index contributed by atoms with van der Waals surface area (Å²) in [6.45, 7) is 4.35. The maximum absolute atomic E-state index is 10.7. The first kappa shape index (κ1) is 15.2. The molecular formula is C16H25N5O. The zero-order valence-electron chi connectivity index (χ0n) is 13.2. The molecule has 1 atom stereocenters. The second-order valence-corrected chi connectivity index (χ2v) is 6.23. The molecule has 1 unspecified atom stereocenters. The van der Waals surface area contributed by atoms with Gasteiger partial charge < -0.3 is 20.0 Å². The third-order valence-electron chi connectivity index (χ3n) is 4.27. The van der Waals surface area contributed by atoms with E-state index in [1.54, 1.807) is 6.20 Å². The summed E-state index contributed by atoms with van der Waals surface area (Å²) in [7, 11) is 0. The van der Waals surface area contributed by atoms with Crippen LogP contribution < -0.4 is 5.32 Å². The van der Waals surface area contributed by atoms with E-state index >= 15 is 0 Å². The molecule has 120 valence electrons. The van der Waals surface area contributed by atoms with Gasteiger partial charge in [-0.1, -0.05) is 13.3 Å². The Hall–Kier alpha value is -1.66. The number of aliphatic hydroxyl groups is 1. The summed E-state index contributed by atoms with van der Waals surface area (Å²) in [6, 6.07) is 0. The number of H-pyrrole nitrogens is 1. The molecule has 0 aromatic carbocycles. The molecule has 3 N–H and O–H groups in total. The van der Waals surface area contributed by atoms with Crippen LogP contribution in [0.25, 0.3) is 11.5 Å². The fraction of sp³-hybridized carbons (Fsp3) is 0.625. The summed E-state index contributed by atoms with van der Waals surface area (Å²) in [4.78, 5) is 12.2. The third kappa shape index (κ3) is 3.39. The van der Waals surface area contributed by atoms with Gasteiger partial charge in [0.2, 0.25) is 0 Å². The lowest BCUT2D eigenvalue weighted by molar-refractivity contribution is 0.00105. The molecule has 0 spiro atoms. The Morgan fingerprint density at radius 2 is 2.32 bits per heavy atom. The lowest BCUT2D eigenvalue weighted by Crippen LogP contribution is -2.48. The number of hydrogen-bond acceptors (Lipinski definition) is 4. The van der Waals surface area contributed by atoms with Gasteiger partial charge in [-0.05, 0) is 25.8 Å². The van der Waals surface area contributed by atoms with Crippen LogP contribution in [0.5, 0.6) is 0 Å². The molecule has 3 rings (SSSR count). The number of unbranched alkanes of at least 4 members (excludes halogenated alkanes) is 1. The highest BCUT2D eigenvalue weighted by atomic mass is 16.3. The molecule has 2 aromatic rings. The molecule has 0 saturated carbocycles. The first-order chi connectivity index (χ1) is 10.7. The fourth-order valence-corrected chi connectivity index (χ4v) is 3.03. The van der Waals surface area contributed by atoms with E-state index in [1.165, 1.54) is 0 Å². The van der Waals surface area contributed by atoms with Crippen LogP contribution in [0.1, 0.15) is 38.4 Å². The molecule has 1 fully saturated rings. The van der Waals surface area contributed by atoms with Crippen molar-refractivity contribution in [2.45, 2.75) is 51.2 Å². The monoisotopic (exact) mass is 303 g/mol. The van der Waals surface area contributed by atoms with Gasteiger partial charge in [-0.15, -0.1) is 0 Å². The molecular weight excluding hydrogens is 278 g/mol. The van der Waals surface area contributed by atoms with Crippen molar-refractivity contribution in [3.8, 4) is 11.5 Å². The Labute approximate surface area is 131 Å². The quantitative estimate of drug-likeness (QED) is 0.759. The van der Waals surface area contributed by atoms with Crippen LogP contribution in [0.3, 0.4) is 0 Å². The minimum atomic E-state index is -0.696. The van der Waals surface area contributed by atoms with Crippen molar-refractivity contribution in [2.75, 3.05) is 13.1 Å². The van der Waals surface area contributed by atoms with E-state index in [9.17, 15) is 5.11 Å². The summed E-state index contributed by atoms with van der Waals surface area (Å²) < 4.78 is 2.02. The lowest BCUT2D eigenvalue weighted by atomic mass is 9.94. The van der Waals surface area contributed by atoms with Crippen LogP contribution in [-0.4, -0.2) is 43.3 Å². The van der Waals surface area contributed by atoms with Gasteiger partial charge >= 0.3 is 0 Å². The van der Waals surface area contributed by atoms with Gasteiger partial charge in [0.25, 0.3) is 0 Å². The van der Waals surface area contributed by atoms with E-state index < -0.39 is 5.60 Å². The molecule has 1 saturated heterocycles. The number of piperidine rings is 1. The Morgan fingerprint density at radius 1 is 1.41 bits per heavy atom. The van der Waals surface area contributed by atoms with Crippen LogP contribution in [0.2, 0.25) is 0 Å². The second kappa shape index (κ2) is 6.62. The summed E-state index contributed by atoms with van der Waals surface area (Å²) in [5, 5.41) is 14.0. The van der Waals surface area contributed by atoms with Crippen molar-refractivity contribution in [3.63, 3.8) is 0 Å². The summed E-state index contributed by atoms with van der Waals surface area (Å²) >= 11 is 0. The average Bonchev–Trinajstić information content (AvgIpc) is 3.14. The third-order valence-corrected chi connectivity index (χ3v) is 4.27. The van der Waals surface area contributed by atoms with Crippen LogP contribution in [0.15, 0.2) is 18.6 Å². The van der Waals surface area contributed by atoms with E-state index in [2.05, 4.69) is 27.2 Å².